The molecule has 0 spiro atoms. The van der Waals surface area contributed by atoms with Crippen molar-refractivity contribution in [1.29, 1.82) is 0 Å². The van der Waals surface area contributed by atoms with Gasteiger partial charge in [0.15, 0.2) is 6.29 Å². The highest BCUT2D eigenvalue weighted by Crippen LogP contribution is 2.30. The number of aldehydes is 1. The molecule has 0 aliphatic rings. The number of hydrogen-bond donors (Lipinski definition) is 0. The molecular formula is C16H15N3O. The Kier molecular flexibility index (Phi) is 2.86. The van der Waals surface area contributed by atoms with Crippen LogP contribution in [-0.2, 0) is 0 Å². The lowest BCUT2D eigenvalue weighted by Gasteiger charge is -2.09. The molecule has 4 nitrogen and oxygen atoms in total. The molecule has 0 fully saturated rings. The molecule has 0 saturated carbocycles. The molecule has 0 radical (unpaired) electrons. The summed E-state index contributed by atoms with van der Waals surface area (Å²) in [5.74, 6) is 0.545. The third kappa shape index (κ3) is 1.81. The Balaban J connectivity index is 2.38. The molecule has 0 atom stereocenters. The molecule has 0 aliphatic heterocycles. The van der Waals surface area contributed by atoms with Crippen LogP contribution in [0.25, 0.3) is 17.0 Å². The largest absolute Gasteiger partial charge is 0.296 e. The highest BCUT2D eigenvalue weighted by molar-refractivity contribution is 5.87. The lowest BCUT2D eigenvalue weighted by molar-refractivity contribution is 0.111. The first-order valence-corrected chi connectivity index (χ1v) is 6.48. The van der Waals surface area contributed by atoms with Crippen molar-refractivity contribution in [3.8, 4) is 11.3 Å². The van der Waals surface area contributed by atoms with E-state index in [1.165, 1.54) is 5.56 Å². The van der Waals surface area contributed by atoms with Gasteiger partial charge in [-0.3, -0.25) is 9.20 Å². The average molecular weight is 265 g/mol. The van der Waals surface area contributed by atoms with Gasteiger partial charge in [0.25, 0.3) is 0 Å². The molecule has 0 amide bonds. The molecule has 2 heterocycles. The molecular weight excluding hydrogens is 250 g/mol. The van der Waals surface area contributed by atoms with Gasteiger partial charge in [-0.25, -0.2) is 9.97 Å². The van der Waals surface area contributed by atoms with Crippen LogP contribution in [0.1, 0.15) is 27.2 Å². The summed E-state index contributed by atoms with van der Waals surface area (Å²) in [6.45, 7) is 6.15. The lowest BCUT2D eigenvalue weighted by Crippen LogP contribution is -1.96. The Bertz CT molecular complexity index is 795. The number of benzene rings is 1. The third-order valence-electron chi connectivity index (χ3n) is 3.47. The molecule has 3 aromatic rings. The second-order valence-corrected chi connectivity index (χ2v) is 5.03. The monoisotopic (exact) mass is 265 g/mol. The third-order valence-corrected chi connectivity index (χ3v) is 3.47. The fraction of sp³-hybridized carbons (Fsp3) is 0.188. The molecule has 0 N–H and O–H groups in total. The van der Waals surface area contributed by atoms with Crippen molar-refractivity contribution in [3.63, 3.8) is 0 Å². The van der Waals surface area contributed by atoms with Crippen molar-refractivity contribution in [2.24, 2.45) is 0 Å². The second-order valence-electron chi connectivity index (χ2n) is 5.03. The Morgan fingerprint density at radius 3 is 2.50 bits per heavy atom. The number of aromatic nitrogens is 3. The SMILES string of the molecule is Cc1cc(C)c(-c2nc3ncccn3c2C=O)c(C)c1. The quantitative estimate of drug-likeness (QED) is 0.669. The normalized spacial score (nSPS) is 10.9. The van der Waals surface area contributed by atoms with Gasteiger partial charge < -0.3 is 0 Å². The minimum atomic E-state index is 0.545. The zero-order valence-electron chi connectivity index (χ0n) is 11.7. The molecule has 0 aliphatic carbocycles. The number of nitrogens with zero attached hydrogens (tertiary/aromatic N) is 3. The van der Waals surface area contributed by atoms with E-state index >= 15 is 0 Å². The van der Waals surface area contributed by atoms with Crippen LogP contribution in [0.3, 0.4) is 0 Å². The minimum Gasteiger partial charge on any atom is -0.296 e. The average Bonchev–Trinajstić information content (AvgIpc) is 2.75. The Hall–Kier alpha value is -2.49. The fourth-order valence-electron chi connectivity index (χ4n) is 2.76. The standard InChI is InChI=1S/C16H15N3O/c1-10-7-11(2)14(12(3)8-10)15-13(9-20)19-6-4-5-17-16(19)18-15/h4-9H,1-3H3. The minimum absolute atomic E-state index is 0.545. The fourth-order valence-corrected chi connectivity index (χ4v) is 2.76. The lowest BCUT2D eigenvalue weighted by atomic mass is 9.96. The molecule has 1 aromatic carbocycles. The summed E-state index contributed by atoms with van der Waals surface area (Å²) in [7, 11) is 0. The summed E-state index contributed by atoms with van der Waals surface area (Å²) in [4.78, 5) is 20.2. The summed E-state index contributed by atoms with van der Waals surface area (Å²) in [5.41, 5.74) is 5.71. The van der Waals surface area contributed by atoms with E-state index in [2.05, 4.69) is 29.0 Å². The predicted molar refractivity (Wildman–Crippen MR) is 78.0 cm³/mol. The van der Waals surface area contributed by atoms with Crippen LogP contribution in [0.2, 0.25) is 0 Å². The van der Waals surface area contributed by atoms with Gasteiger partial charge in [0, 0.05) is 18.0 Å². The number of carbonyl (C=O) groups is 1. The van der Waals surface area contributed by atoms with Crippen LogP contribution in [0.5, 0.6) is 0 Å². The van der Waals surface area contributed by atoms with E-state index in [1.807, 2.05) is 13.8 Å². The van der Waals surface area contributed by atoms with Crippen molar-refractivity contribution < 1.29 is 4.79 Å². The summed E-state index contributed by atoms with van der Waals surface area (Å²) in [5, 5.41) is 0. The van der Waals surface area contributed by atoms with Gasteiger partial charge in [-0.15, -0.1) is 0 Å². The molecule has 3 rings (SSSR count). The number of aryl methyl sites for hydroxylation is 3. The molecule has 0 unspecified atom stereocenters. The van der Waals surface area contributed by atoms with E-state index in [1.54, 1.807) is 22.9 Å². The summed E-state index contributed by atoms with van der Waals surface area (Å²) < 4.78 is 1.72. The maximum atomic E-state index is 11.5. The van der Waals surface area contributed by atoms with Crippen LogP contribution < -0.4 is 0 Å². The van der Waals surface area contributed by atoms with E-state index in [9.17, 15) is 4.79 Å². The zero-order valence-corrected chi connectivity index (χ0v) is 11.7. The highest BCUT2D eigenvalue weighted by atomic mass is 16.1. The van der Waals surface area contributed by atoms with Gasteiger partial charge in [-0.05, 0) is 38.0 Å². The molecule has 2 aromatic heterocycles. The van der Waals surface area contributed by atoms with E-state index < -0.39 is 0 Å². The second kappa shape index (κ2) is 4.56. The molecule has 20 heavy (non-hydrogen) atoms. The summed E-state index contributed by atoms with van der Waals surface area (Å²) in [6.07, 6.45) is 4.33. The number of imidazole rings is 1. The van der Waals surface area contributed by atoms with Crippen LogP contribution >= 0.6 is 0 Å². The first kappa shape index (κ1) is 12.5. The predicted octanol–water partition coefficient (Wildman–Crippen LogP) is 3.13. The van der Waals surface area contributed by atoms with E-state index in [0.29, 0.717) is 17.2 Å². The van der Waals surface area contributed by atoms with Crippen molar-refractivity contribution in [1.82, 2.24) is 14.4 Å². The summed E-state index contributed by atoms with van der Waals surface area (Å²) >= 11 is 0. The van der Waals surface area contributed by atoms with Crippen LogP contribution in [-0.4, -0.2) is 20.7 Å². The first-order valence-electron chi connectivity index (χ1n) is 6.48. The highest BCUT2D eigenvalue weighted by Gasteiger charge is 2.17. The zero-order chi connectivity index (χ0) is 14.3. The molecule has 4 heteroatoms. The molecule has 0 saturated heterocycles. The van der Waals surface area contributed by atoms with Gasteiger partial charge in [0.05, 0.1) is 0 Å². The smallest absolute Gasteiger partial charge is 0.234 e. The van der Waals surface area contributed by atoms with Crippen molar-refractivity contribution in [2.45, 2.75) is 20.8 Å². The molecule has 100 valence electrons. The Morgan fingerprint density at radius 2 is 1.85 bits per heavy atom. The molecule has 0 bridgehead atoms. The van der Waals surface area contributed by atoms with Crippen molar-refractivity contribution in [3.05, 3.63) is 53.0 Å². The maximum absolute atomic E-state index is 11.5. The van der Waals surface area contributed by atoms with E-state index in [0.717, 1.165) is 23.0 Å². The van der Waals surface area contributed by atoms with E-state index in [-0.39, 0.29) is 0 Å². The van der Waals surface area contributed by atoms with Crippen molar-refractivity contribution >= 4 is 12.1 Å². The van der Waals surface area contributed by atoms with Crippen LogP contribution in [0, 0.1) is 20.8 Å². The summed E-state index contributed by atoms with van der Waals surface area (Å²) in [6, 6.07) is 6.00. The van der Waals surface area contributed by atoms with Gasteiger partial charge in [0.1, 0.15) is 11.4 Å². The Labute approximate surface area is 117 Å². The van der Waals surface area contributed by atoms with Crippen molar-refractivity contribution in [2.75, 3.05) is 0 Å². The number of rotatable bonds is 2. The number of hydrogen-bond acceptors (Lipinski definition) is 3. The number of carbonyl (C=O) groups excluding carboxylic acids is 1. The Morgan fingerprint density at radius 1 is 1.15 bits per heavy atom. The number of fused-ring (bicyclic) bond motifs is 1. The van der Waals surface area contributed by atoms with Gasteiger partial charge in [-0.1, -0.05) is 17.7 Å². The van der Waals surface area contributed by atoms with E-state index in [4.69, 9.17) is 0 Å². The first-order chi connectivity index (χ1) is 9.61. The van der Waals surface area contributed by atoms with Gasteiger partial charge in [0.2, 0.25) is 5.78 Å². The van der Waals surface area contributed by atoms with Gasteiger partial charge >= 0.3 is 0 Å². The topological polar surface area (TPSA) is 47.3 Å². The maximum Gasteiger partial charge on any atom is 0.234 e. The van der Waals surface area contributed by atoms with Crippen LogP contribution in [0.15, 0.2) is 30.6 Å². The van der Waals surface area contributed by atoms with Gasteiger partial charge in [-0.2, -0.15) is 0 Å². The van der Waals surface area contributed by atoms with Crippen LogP contribution in [0.4, 0.5) is 0 Å².